The van der Waals surface area contributed by atoms with Gasteiger partial charge in [0.05, 0.1) is 24.1 Å². The molecule has 1 saturated heterocycles. The molecule has 3 saturated carbocycles. The maximum atomic E-state index is 5.01. The third-order valence-corrected chi connectivity index (χ3v) is 6.43. The Labute approximate surface area is 152 Å². The van der Waals surface area contributed by atoms with Gasteiger partial charge in [0.1, 0.15) is 11.5 Å². The third kappa shape index (κ3) is 1.95. The van der Waals surface area contributed by atoms with Crippen LogP contribution in [-0.4, -0.2) is 50.7 Å². The van der Waals surface area contributed by atoms with Gasteiger partial charge in [0, 0.05) is 31.6 Å². The van der Waals surface area contributed by atoms with Gasteiger partial charge < -0.3 is 10.2 Å². The van der Waals surface area contributed by atoms with Crippen LogP contribution in [0.3, 0.4) is 0 Å². The molecule has 2 bridgehead atoms. The quantitative estimate of drug-likeness (QED) is 0.782. The molecule has 1 aliphatic heterocycles. The Bertz CT molecular complexity index is 978. The van der Waals surface area contributed by atoms with Crippen molar-refractivity contribution in [3.8, 4) is 5.69 Å². The van der Waals surface area contributed by atoms with E-state index in [2.05, 4.69) is 44.3 Å². The SMILES string of the molecule is Cc1cc2cnn(-c3cnn(C45CC(C4)C5)c3)c2nc1N1CCNCC1. The lowest BCUT2D eigenvalue weighted by Gasteiger charge is -2.61. The summed E-state index contributed by atoms with van der Waals surface area (Å²) in [7, 11) is 0. The van der Waals surface area contributed by atoms with Gasteiger partial charge in [0.25, 0.3) is 0 Å². The Balaban J connectivity index is 1.41. The van der Waals surface area contributed by atoms with Crippen LogP contribution in [0.15, 0.2) is 24.7 Å². The van der Waals surface area contributed by atoms with Crippen molar-refractivity contribution >= 4 is 16.9 Å². The largest absolute Gasteiger partial charge is 0.354 e. The number of nitrogens with one attached hydrogen (secondary N) is 1. The van der Waals surface area contributed by atoms with Gasteiger partial charge in [0.15, 0.2) is 5.65 Å². The normalized spacial score (nSPS) is 27.4. The number of piperazine rings is 1. The average Bonchev–Trinajstić information content (AvgIpc) is 3.19. The van der Waals surface area contributed by atoms with Gasteiger partial charge in [-0.1, -0.05) is 0 Å². The molecule has 0 radical (unpaired) electrons. The van der Waals surface area contributed by atoms with Crippen LogP contribution in [0.2, 0.25) is 0 Å². The first-order chi connectivity index (χ1) is 12.7. The molecule has 3 aromatic rings. The second-order valence-electron chi connectivity index (χ2n) is 8.18. The first-order valence-corrected chi connectivity index (χ1v) is 9.58. The number of pyridine rings is 1. The minimum absolute atomic E-state index is 0.307. The van der Waals surface area contributed by atoms with Crippen LogP contribution in [0.25, 0.3) is 16.7 Å². The summed E-state index contributed by atoms with van der Waals surface area (Å²) in [6, 6.07) is 2.20. The first-order valence-electron chi connectivity index (χ1n) is 9.58. The summed E-state index contributed by atoms with van der Waals surface area (Å²) in [5.41, 5.74) is 3.44. The van der Waals surface area contributed by atoms with Crippen LogP contribution in [0.5, 0.6) is 0 Å². The molecule has 4 fully saturated rings. The van der Waals surface area contributed by atoms with Crippen molar-refractivity contribution < 1.29 is 0 Å². The number of nitrogens with zero attached hydrogens (tertiary/aromatic N) is 6. The average molecular weight is 349 g/mol. The van der Waals surface area contributed by atoms with Gasteiger partial charge in [-0.25, -0.2) is 9.67 Å². The molecule has 3 aliphatic carbocycles. The van der Waals surface area contributed by atoms with Crippen LogP contribution < -0.4 is 10.2 Å². The van der Waals surface area contributed by atoms with E-state index in [0.29, 0.717) is 5.54 Å². The van der Waals surface area contributed by atoms with Crippen molar-refractivity contribution in [3.63, 3.8) is 0 Å². The van der Waals surface area contributed by atoms with E-state index in [4.69, 9.17) is 4.98 Å². The summed E-state index contributed by atoms with van der Waals surface area (Å²) in [6.45, 7) is 6.15. The second kappa shape index (κ2) is 5.07. The van der Waals surface area contributed by atoms with Crippen molar-refractivity contribution in [3.05, 3.63) is 30.2 Å². The molecular weight excluding hydrogens is 326 g/mol. The molecule has 7 nitrogen and oxygen atoms in total. The molecule has 134 valence electrons. The zero-order chi connectivity index (χ0) is 17.3. The molecular formula is C19H23N7. The van der Waals surface area contributed by atoms with E-state index >= 15 is 0 Å². The number of hydrogen-bond donors (Lipinski definition) is 1. The van der Waals surface area contributed by atoms with Crippen LogP contribution in [0.1, 0.15) is 24.8 Å². The lowest BCUT2D eigenvalue weighted by atomic mass is 9.50. The maximum Gasteiger partial charge on any atom is 0.165 e. The lowest BCUT2D eigenvalue weighted by Crippen LogP contribution is -2.59. The fraction of sp³-hybridized carbons (Fsp3) is 0.526. The monoisotopic (exact) mass is 349 g/mol. The summed E-state index contributed by atoms with van der Waals surface area (Å²) in [5, 5.41) is 13.8. The fourth-order valence-electron chi connectivity index (χ4n) is 4.84. The highest BCUT2D eigenvalue weighted by Crippen LogP contribution is 2.62. The number of anilines is 1. The smallest absolute Gasteiger partial charge is 0.165 e. The third-order valence-electron chi connectivity index (χ3n) is 6.43. The molecule has 0 spiro atoms. The zero-order valence-electron chi connectivity index (χ0n) is 15.0. The maximum absolute atomic E-state index is 5.01. The number of rotatable bonds is 3. The van der Waals surface area contributed by atoms with E-state index in [9.17, 15) is 0 Å². The highest BCUT2D eigenvalue weighted by atomic mass is 15.4. The predicted octanol–water partition coefficient (Wildman–Crippen LogP) is 1.84. The molecule has 7 rings (SSSR count). The highest BCUT2D eigenvalue weighted by molar-refractivity contribution is 5.80. The Kier molecular flexibility index (Phi) is 2.87. The summed E-state index contributed by atoms with van der Waals surface area (Å²) in [5.74, 6) is 2.02. The molecule has 4 aliphatic rings. The molecule has 7 heteroatoms. The van der Waals surface area contributed by atoms with E-state index < -0.39 is 0 Å². The lowest BCUT2D eigenvalue weighted by molar-refractivity contribution is -0.0977. The van der Waals surface area contributed by atoms with Crippen molar-refractivity contribution in [2.24, 2.45) is 5.92 Å². The fourth-order valence-corrected chi connectivity index (χ4v) is 4.84. The highest BCUT2D eigenvalue weighted by Gasteiger charge is 2.58. The number of aromatic nitrogens is 5. The molecule has 0 unspecified atom stereocenters. The molecule has 0 aromatic carbocycles. The Hall–Kier alpha value is -2.41. The van der Waals surface area contributed by atoms with Crippen LogP contribution in [0, 0.1) is 12.8 Å². The second-order valence-corrected chi connectivity index (χ2v) is 8.18. The van der Waals surface area contributed by atoms with Crippen LogP contribution >= 0.6 is 0 Å². The van der Waals surface area contributed by atoms with Gasteiger partial charge in [0.2, 0.25) is 0 Å². The summed E-state index contributed by atoms with van der Waals surface area (Å²) >= 11 is 0. The summed E-state index contributed by atoms with van der Waals surface area (Å²) in [4.78, 5) is 7.38. The first kappa shape index (κ1) is 14.7. The molecule has 1 N–H and O–H groups in total. The van der Waals surface area contributed by atoms with E-state index in [-0.39, 0.29) is 0 Å². The van der Waals surface area contributed by atoms with Gasteiger partial charge in [-0.2, -0.15) is 10.2 Å². The van der Waals surface area contributed by atoms with Gasteiger partial charge >= 0.3 is 0 Å². The van der Waals surface area contributed by atoms with Crippen LogP contribution in [0.4, 0.5) is 5.82 Å². The van der Waals surface area contributed by atoms with Crippen molar-refractivity contribution in [1.82, 2.24) is 29.9 Å². The number of aryl methyl sites for hydroxylation is 1. The Morgan fingerprint density at radius 1 is 1.12 bits per heavy atom. The standard InChI is InChI=1S/C19H23N7/c1-13-6-15-10-22-26(18(15)23-17(13)24-4-2-20-3-5-24)16-11-21-25(12-16)19-7-14(8-19)9-19/h6,10-12,14,20H,2-5,7-9H2,1H3. The number of fused-ring (bicyclic) bond motifs is 1. The van der Waals surface area contributed by atoms with Gasteiger partial charge in [-0.15, -0.1) is 0 Å². The topological polar surface area (TPSA) is 63.8 Å². The molecule has 3 aromatic heterocycles. The zero-order valence-corrected chi connectivity index (χ0v) is 15.0. The molecule has 0 atom stereocenters. The van der Waals surface area contributed by atoms with Crippen molar-refractivity contribution in [2.75, 3.05) is 31.1 Å². The molecule has 0 amide bonds. The van der Waals surface area contributed by atoms with E-state index in [0.717, 1.165) is 54.6 Å². The Morgan fingerprint density at radius 2 is 1.92 bits per heavy atom. The summed E-state index contributed by atoms with van der Waals surface area (Å²) in [6.07, 6.45) is 9.86. The summed E-state index contributed by atoms with van der Waals surface area (Å²) < 4.78 is 4.11. The van der Waals surface area contributed by atoms with Gasteiger partial charge in [-0.05, 0) is 43.7 Å². The van der Waals surface area contributed by atoms with E-state index in [1.165, 1.54) is 24.8 Å². The predicted molar refractivity (Wildman–Crippen MR) is 99.8 cm³/mol. The van der Waals surface area contributed by atoms with Crippen molar-refractivity contribution in [1.29, 1.82) is 0 Å². The minimum Gasteiger partial charge on any atom is -0.354 e. The van der Waals surface area contributed by atoms with Crippen LogP contribution in [-0.2, 0) is 5.54 Å². The van der Waals surface area contributed by atoms with Crippen molar-refractivity contribution in [2.45, 2.75) is 31.7 Å². The minimum atomic E-state index is 0.307. The molecule has 26 heavy (non-hydrogen) atoms. The number of hydrogen-bond acceptors (Lipinski definition) is 5. The van der Waals surface area contributed by atoms with E-state index in [1.807, 2.05) is 17.1 Å². The Morgan fingerprint density at radius 3 is 2.65 bits per heavy atom. The van der Waals surface area contributed by atoms with Gasteiger partial charge in [-0.3, -0.25) is 4.68 Å². The van der Waals surface area contributed by atoms with E-state index in [1.54, 1.807) is 0 Å². The molecule has 4 heterocycles.